The maximum absolute atomic E-state index is 9.73. The van der Waals surface area contributed by atoms with Crippen molar-refractivity contribution in [3.8, 4) is 0 Å². The Kier molecular flexibility index (Phi) is 3.09. The molecule has 0 unspecified atom stereocenters. The average molecular weight is 173 g/mol. The van der Waals surface area contributed by atoms with E-state index >= 15 is 0 Å². The van der Waals surface area contributed by atoms with Gasteiger partial charge in [-0.05, 0) is 13.8 Å². The fourth-order valence-electron chi connectivity index (χ4n) is 1.59. The number of hydrogen-bond donors (Lipinski definition) is 1. The van der Waals surface area contributed by atoms with Crippen LogP contribution < -0.4 is 0 Å². The number of piperidine rings is 1. The Bertz CT molecular complexity index is 139. The number of rotatable bonds is 2. The van der Waals surface area contributed by atoms with Gasteiger partial charge in [0.05, 0.1) is 0 Å². The number of hydrogen-bond acceptors (Lipinski definition) is 3. The van der Waals surface area contributed by atoms with Crippen LogP contribution in [0.3, 0.4) is 0 Å². The van der Waals surface area contributed by atoms with Crippen LogP contribution in [0.4, 0.5) is 0 Å². The lowest BCUT2D eigenvalue weighted by atomic mass is 10.0. The van der Waals surface area contributed by atoms with E-state index in [-0.39, 0.29) is 0 Å². The summed E-state index contributed by atoms with van der Waals surface area (Å²) < 4.78 is 5.04. The monoisotopic (exact) mass is 173 g/mol. The molecule has 0 saturated carbocycles. The molecule has 0 radical (unpaired) electrons. The summed E-state index contributed by atoms with van der Waals surface area (Å²) in [4.78, 5) is 2.35. The van der Waals surface area contributed by atoms with E-state index in [1.54, 1.807) is 7.11 Å². The first-order chi connectivity index (χ1) is 5.57. The largest absolute Gasteiger partial charge is 0.365 e. The molecule has 3 heteroatoms. The second-order valence-corrected chi connectivity index (χ2v) is 3.78. The van der Waals surface area contributed by atoms with Crippen molar-refractivity contribution in [1.82, 2.24) is 4.90 Å². The molecule has 3 nitrogen and oxygen atoms in total. The normalized spacial score (nSPS) is 24.8. The van der Waals surface area contributed by atoms with Crippen LogP contribution >= 0.6 is 0 Å². The molecule has 72 valence electrons. The fourth-order valence-corrected chi connectivity index (χ4v) is 1.59. The molecule has 0 spiro atoms. The lowest BCUT2D eigenvalue weighted by molar-refractivity contribution is -0.211. The first-order valence-electron chi connectivity index (χ1n) is 4.59. The molecular weight excluding hydrogens is 154 g/mol. The van der Waals surface area contributed by atoms with Crippen molar-refractivity contribution in [2.24, 2.45) is 0 Å². The van der Waals surface area contributed by atoms with Gasteiger partial charge in [-0.2, -0.15) is 0 Å². The van der Waals surface area contributed by atoms with Crippen LogP contribution in [-0.2, 0) is 4.74 Å². The van der Waals surface area contributed by atoms with Crippen LogP contribution in [0.15, 0.2) is 0 Å². The number of likely N-dealkylation sites (tertiary alicyclic amines) is 1. The molecule has 1 saturated heterocycles. The summed E-state index contributed by atoms with van der Waals surface area (Å²) in [6.07, 6.45) is 1.45. The molecule has 0 aromatic heterocycles. The number of ether oxygens (including phenoxy) is 1. The third-order valence-electron chi connectivity index (χ3n) is 2.69. The Morgan fingerprint density at radius 1 is 1.33 bits per heavy atom. The van der Waals surface area contributed by atoms with Gasteiger partial charge in [-0.3, -0.25) is 0 Å². The summed E-state index contributed by atoms with van der Waals surface area (Å²) in [6, 6.07) is 0.575. The van der Waals surface area contributed by atoms with Gasteiger partial charge in [-0.1, -0.05) is 0 Å². The molecular formula is C9H19NO2. The molecule has 0 bridgehead atoms. The van der Waals surface area contributed by atoms with Crippen molar-refractivity contribution in [3.05, 3.63) is 0 Å². The summed E-state index contributed by atoms with van der Waals surface area (Å²) in [5.41, 5.74) is 0. The van der Waals surface area contributed by atoms with Crippen LogP contribution in [0.2, 0.25) is 0 Å². The maximum Gasteiger partial charge on any atom is 0.167 e. The molecule has 0 atom stereocenters. The molecule has 0 aliphatic carbocycles. The molecule has 1 rings (SSSR count). The topological polar surface area (TPSA) is 32.7 Å². The van der Waals surface area contributed by atoms with Crippen LogP contribution in [0.25, 0.3) is 0 Å². The first-order valence-corrected chi connectivity index (χ1v) is 4.59. The predicted molar refractivity (Wildman–Crippen MR) is 47.9 cm³/mol. The SMILES string of the molecule is COC1(O)CCN(C(C)C)CC1. The van der Waals surface area contributed by atoms with Gasteiger partial charge >= 0.3 is 0 Å². The highest BCUT2D eigenvalue weighted by Gasteiger charge is 2.32. The highest BCUT2D eigenvalue weighted by molar-refractivity contribution is 4.79. The molecule has 1 fully saturated rings. The third kappa shape index (κ3) is 2.19. The van der Waals surface area contributed by atoms with Gasteiger partial charge in [-0.25, -0.2) is 0 Å². The van der Waals surface area contributed by atoms with Gasteiger partial charge in [0.1, 0.15) is 0 Å². The van der Waals surface area contributed by atoms with E-state index in [1.165, 1.54) is 0 Å². The molecule has 1 heterocycles. The summed E-state index contributed by atoms with van der Waals surface area (Å²) in [7, 11) is 1.57. The van der Waals surface area contributed by atoms with E-state index in [2.05, 4.69) is 18.7 Å². The zero-order chi connectivity index (χ0) is 9.19. The van der Waals surface area contributed by atoms with Crippen molar-refractivity contribution in [2.45, 2.75) is 38.5 Å². The summed E-state index contributed by atoms with van der Waals surface area (Å²) >= 11 is 0. The van der Waals surface area contributed by atoms with E-state index in [1.807, 2.05) is 0 Å². The van der Waals surface area contributed by atoms with E-state index in [4.69, 9.17) is 4.74 Å². The van der Waals surface area contributed by atoms with E-state index in [9.17, 15) is 5.11 Å². The highest BCUT2D eigenvalue weighted by Crippen LogP contribution is 2.23. The van der Waals surface area contributed by atoms with Crippen LogP contribution in [0, 0.1) is 0 Å². The van der Waals surface area contributed by atoms with Gasteiger partial charge < -0.3 is 14.7 Å². The zero-order valence-corrected chi connectivity index (χ0v) is 8.21. The van der Waals surface area contributed by atoms with Gasteiger partial charge in [0.2, 0.25) is 0 Å². The Morgan fingerprint density at radius 3 is 2.17 bits per heavy atom. The van der Waals surface area contributed by atoms with Crippen LogP contribution in [0.1, 0.15) is 26.7 Å². The first kappa shape index (κ1) is 9.96. The Hall–Kier alpha value is -0.120. The van der Waals surface area contributed by atoms with Gasteiger partial charge in [0.15, 0.2) is 5.79 Å². The highest BCUT2D eigenvalue weighted by atomic mass is 16.6. The summed E-state index contributed by atoms with van der Waals surface area (Å²) in [5, 5.41) is 9.73. The number of nitrogens with zero attached hydrogens (tertiary/aromatic N) is 1. The van der Waals surface area contributed by atoms with Crippen molar-refractivity contribution in [1.29, 1.82) is 0 Å². The molecule has 0 aromatic carbocycles. The Labute approximate surface area is 74.3 Å². The molecule has 1 aliphatic rings. The minimum atomic E-state index is -0.856. The van der Waals surface area contributed by atoms with E-state index in [0.29, 0.717) is 6.04 Å². The number of aliphatic hydroxyl groups is 1. The van der Waals surface area contributed by atoms with Crippen LogP contribution in [-0.4, -0.2) is 42.0 Å². The van der Waals surface area contributed by atoms with Crippen LogP contribution in [0.5, 0.6) is 0 Å². The summed E-state index contributed by atoms with van der Waals surface area (Å²) in [5.74, 6) is -0.856. The minimum Gasteiger partial charge on any atom is -0.365 e. The third-order valence-corrected chi connectivity index (χ3v) is 2.69. The summed E-state index contributed by atoms with van der Waals surface area (Å²) in [6.45, 7) is 6.22. The quantitative estimate of drug-likeness (QED) is 0.628. The molecule has 1 aliphatic heterocycles. The van der Waals surface area contributed by atoms with Gasteiger partial charge in [0, 0.05) is 39.1 Å². The second-order valence-electron chi connectivity index (χ2n) is 3.78. The van der Waals surface area contributed by atoms with Crippen molar-refractivity contribution in [2.75, 3.05) is 20.2 Å². The molecule has 1 N–H and O–H groups in total. The maximum atomic E-state index is 9.73. The average Bonchev–Trinajstić information content (AvgIpc) is 2.05. The Balaban J connectivity index is 2.39. The molecule has 0 amide bonds. The van der Waals surface area contributed by atoms with Gasteiger partial charge in [-0.15, -0.1) is 0 Å². The second kappa shape index (κ2) is 3.73. The van der Waals surface area contributed by atoms with Crippen molar-refractivity contribution in [3.63, 3.8) is 0 Å². The van der Waals surface area contributed by atoms with Crippen molar-refractivity contribution < 1.29 is 9.84 Å². The fraction of sp³-hybridized carbons (Fsp3) is 1.00. The lowest BCUT2D eigenvalue weighted by Gasteiger charge is -2.38. The predicted octanol–water partition coefficient (Wildman–Crippen LogP) is 0.826. The van der Waals surface area contributed by atoms with E-state index in [0.717, 1.165) is 25.9 Å². The number of methoxy groups -OCH3 is 1. The molecule has 0 aromatic rings. The smallest absolute Gasteiger partial charge is 0.167 e. The molecule has 12 heavy (non-hydrogen) atoms. The lowest BCUT2D eigenvalue weighted by Crippen LogP contribution is -2.47. The van der Waals surface area contributed by atoms with Gasteiger partial charge in [0.25, 0.3) is 0 Å². The van der Waals surface area contributed by atoms with E-state index < -0.39 is 5.79 Å². The zero-order valence-electron chi connectivity index (χ0n) is 8.21. The van der Waals surface area contributed by atoms with Crippen molar-refractivity contribution >= 4 is 0 Å². The Morgan fingerprint density at radius 2 is 1.83 bits per heavy atom. The standard InChI is InChI=1S/C9H19NO2/c1-8(2)10-6-4-9(11,12-3)5-7-10/h8,11H,4-7H2,1-3H3. The minimum absolute atomic E-state index is 0.575.